The van der Waals surface area contributed by atoms with Crippen molar-refractivity contribution in [3.05, 3.63) is 169 Å². The van der Waals surface area contributed by atoms with Crippen molar-refractivity contribution < 1.29 is 0 Å². The molecule has 0 amide bonds. The summed E-state index contributed by atoms with van der Waals surface area (Å²) in [7, 11) is 0. The van der Waals surface area contributed by atoms with Crippen LogP contribution in [0, 0.1) is 0 Å². The van der Waals surface area contributed by atoms with Gasteiger partial charge < -0.3 is 0 Å². The van der Waals surface area contributed by atoms with Gasteiger partial charge in [-0.15, -0.1) is 11.3 Å². The highest BCUT2D eigenvalue weighted by molar-refractivity contribution is 7.25. The summed E-state index contributed by atoms with van der Waals surface area (Å²) in [5.41, 5.74) is 9.15. The quantitative estimate of drug-likeness (QED) is 0.164. The molecule has 9 aromatic carbocycles. The van der Waals surface area contributed by atoms with Crippen molar-refractivity contribution in [3.63, 3.8) is 0 Å². The summed E-state index contributed by atoms with van der Waals surface area (Å²) < 4.78 is 2.64. The minimum Gasteiger partial charge on any atom is -0.135 e. The van der Waals surface area contributed by atoms with Crippen molar-refractivity contribution >= 4 is 74.6 Å². The SMILES string of the molecule is CC(C)(C)c1c2ccccc2c(-c2ccc3sc4cc(-c5c6ccccc6c(-c6ccccc6)c6ccccc56)ccc4c3c2)c2ccccc12. The van der Waals surface area contributed by atoms with E-state index in [2.05, 4.69) is 185 Å². The number of fused-ring (bicyclic) bond motifs is 7. The maximum Gasteiger partial charge on any atom is 0.0361 e. The maximum absolute atomic E-state index is 2.44. The summed E-state index contributed by atoms with van der Waals surface area (Å²) in [6, 6.07) is 61.0. The predicted molar refractivity (Wildman–Crippen MR) is 224 cm³/mol. The van der Waals surface area contributed by atoms with Gasteiger partial charge in [0.25, 0.3) is 0 Å². The van der Waals surface area contributed by atoms with E-state index in [1.165, 1.54) is 102 Å². The zero-order chi connectivity index (χ0) is 34.3. The first-order valence-electron chi connectivity index (χ1n) is 17.9. The molecule has 242 valence electrons. The second-order valence-electron chi connectivity index (χ2n) is 14.8. The van der Waals surface area contributed by atoms with Gasteiger partial charge >= 0.3 is 0 Å². The second kappa shape index (κ2) is 11.4. The first-order chi connectivity index (χ1) is 25.0. The minimum atomic E-state index is 0.0154. The third kappa shape index (κ3) is 4.65. The van der Waals surface area contributed by atoms with Crippen molar-refractivity contribution in [1.29, 1.82) is 0 Å². The number of benzene rings is 9. The Morgan fingerprint density at radius 2 is 0.725 bits per heavy atom. The normalized spacial score (nSPS) is 12.2. The lowest BCUT2D eigenvalue weighted by atomic mass is 9.78. The van der Waals surface area contributed by atoms with Crippen LogP contribution in [0.1, 0.15) is 26.3 Å². The third-order valence-electron chi connectivity index (χ3n) is 10.7. The number of hydrogen-bond donors (Lipinski definition) is 0. The van der Waals surface area contributed by atoms with Gasteiger partial charge in [0.15, 0.2) is 0 Å². The van der Waals surface area contributed by atoms with Crippen molar-refractivity contribution in [2.45, 2.75) is 26.2 Å². The molecule has 0 bridgehead atoms. The smallest absolute Gasteiger partial charge is 0.0361 e. The zero-order valence-corrected chi connectivity index (χ0v) is 29.8. The molecule has 0 N–H and O–H groups in total. The highest BCUT2D eigenvalue weighted by Crippen LogP contribution is 2.47. The first-order valence-corrected chi connectivity index (χ1v) is 18.7. The summed E-state index contributed by atoms with van der Waals surface area (Å²) in [6.45, 7) is 7.01. The molecule has 0 fully saturated rings. The van der Waals surface area contributed by atoms with Gasteiger partial charge in [-0.05, 0) is 106 Å². The average molecular weight is 669 g/mol. The first kappa shape index (κ1) is 30.1. The van der Waals surface area contributed by atoms with E-state index in [0.29, 0.717) is 0 Å². The molecule has 0 radical (unpaired) electrons. The molecule has 0 saturated carbocycles. The molecule has 0 spiro atoms. The molecule has 0 aliphatic rings. The second-order valence-corrected chi connectivity index (χ2v) is 15.9. The van der Waals surface area contributed by atoms with Gasteiger partial charge in [-0.3, -0.25) is 0 Å². The van der Waals surface area contributed by atoms with Crippen LogP contribution in [0.2, 0.25) is 0 Å². The molecule has 0 unspecified atom stereocenters. The van der Waals surface area contributed by atoms with E-state index in [-0.39, 0.29) is 5.41 Å². The molecule has 1 heteroatoms. The van der Waals surface area contributed by atoms with Gasteiger partial charge in [0, 0.05) is 20.2 Å². The highest BCUT2D eigenvalue weighted by atomic mass is 32.1. The molecule has 10 rings (SSSR count). The van der Waals surface area contributed by atoms with E-state index >= 15 is 0 Å². The Balaban J connectivity index is 1.20. The van der Waals surface area contributed by atoms with Gasteiger partial charge in [0.1, 0.15) is 0 Å². The Hall–Kier alpha value is -5.76. The molecule has 0 aliphatic heterocycles. The largest absolute Gasteiger partial charge is 0.135 e. The van der Waals surface area contributed by atoms with Crippen molar-refractivity contribution in [2.24, 2.45) is 0 Å². The van der Waals surface area contributed by atoms with Crippen molar-refractivity contribution in [1.82, 2.24) is 0 Å². The molecule has 1 aromatic heterocycles. The van der Waals surface area contributed by atoms with Gasteiger partial charge in [-0.1, -0.05) is 166 Å². The highest BCUT2D eigenvalue weighted by Gasteiger charge is 2.24. The summed E-state index contributed by atoms with van der Waals surface area (Å²) in [5, 5.41) is 13.1. The number of hydrogen-bond acceptors (Lipinski definition) is 1. The van der Waals surface area contributed by atoms with E-state index in [1.54, 1.807) is 0 Å². The van der Waals surface area contributed by atoms with E-state index in [4.69, 9.17) is 0 Å². The lowest BCUT2D eigenvalue weighted by Crippen LogP contribution is -2.13. The third-order valence-corrected chi connectivity index (χ3v) is 11.9. The van der Waals surface area contributed by atoms with E-state index in [1.807, 2.05) is 11.3 Å². The van der Waals surface area contributed by atoms with Crippen LogP contribution >= 0.6 is 11.3 Å². The Morgan fingerprint density at radius 1 is 0.314 bits per heavy atom. The topological polar surface area (TPSA) is 0 Å². The summed E-state index contributed by atoms with van der Waals surface area (Å²) in [6.07, 6.45) is 0. The molecule has 0 aliphatic carbocycles. The zero-order valence-electron chi connectivity index (χ0n) is 29.0. The molecule has 10 aromatic rings. The van der Waals surface area contributed by atoms with Crippen molar-refractivity contribution in [2.75, 3.05) is 0 Å². The number of rotatable bonds is 3. The Bertz CT molecular complexity index is 2880. The fourth-order valence-electron chi connectivity index (χ4n) is 8.69. The van der Waals surface area contributed by atoms with Crippen LogP contribution in [0.4, 0.5) is 0 Å². The van der Waals surface area contributed by atoms with Gasteiger partial charge in [0.05, 0.1) is 0 Å². The molecule has 51 heavy (non-hydrogen) atoms. The fraction of sp³-hybridized carbons (Fsp3) is 0.0800. The molecule has 1 heterocycles. The molecule has 0 saturated heterocycles. The Kier molecular flexibility index (Phi) is 6.72. The van der Waals surface area contributed by atoms with Gasteiger partial charge in [-0.2, -0.15) is 0 Å². The Morgan fingerprint density at radius 3 is 1.24 bits per heavy atom. The minimum absolute atomic E-state index is 0.0154. The summed E-state index contributed by atoms with van der Waals surface area (Å²) in [5.74, 6) is 0. The van der Waals surface area contributed by atoms with Crippen LogP contribution in [-0.4, -0.2) is 0 Å². The van der Waals surface area contributed by atoms with Crippen LogP contribution in [0.15, 0.2) is 164 Å². The van der Waals surface area contributed by atoms with E-state index < -0.39 is 0 Å². The standard InChI is InChI=1S/C50H36S/c1-50(2,3)49-41-23-13-11-21-39(41)47(40-22-12-14-24-42(40)49)32-26-28-44-43(29-32)34-27-25-33(30-45(34)51-44)48-37-19-9-7-17-35(37)46(31-15-5-4-6-16-31)36-18-8-10-20-38(36)48/h4-30H,1-3H3. The van der Waals surface area contributed by atoms with E-state index in [9.17, 15) is 0 Å². The van der Waals surface area contributed by atoms with Gasteiger partial charge in [-0.25, -0.2) is 0 Å². The summed E-state index contributed by atoms with van der Waals surface area (Å²) in [4.78, 5) is 0. The van der Waals surface area contributed by atoms with Crippen LogP contribution in [0.3, 0.4) is 0 Å². The van der Waals surface area contributed by atoms with E-state index in [0.717, 1.165) is 0 Å². The molecular formula is C50H36S. The predicted octanol–water partition coefficient (Wildman–Crippen LogP) is 15.0. The van der Waals surface area contributed by atoms with Crippen molar-refractivity contribution in [3.8, 4) is 33.4 Å². The lowest BCUT2D eigenvalue weighted by molar-refractivity contribution is 0.601. The molecular weight excluding hydrogens is 633 g/mol. The number of thiophene rings is 1. The average Bonchev–Trinajstić information content (AvgIpc) is 3.52. The van der Waals surface area contributed by atoms with Crippen LogP contribution in [0.5, 0.6) is 0 Å². The van der Waals surface area contributed by atoms with Crippen LogP contribution in [-0.2, 0) is 5.41 Å². The van der Waals surface area contributed by atoms with Gasteiger partial charge in [0.2, 0.25) is 0 Å². The fourth-order valence-corrected chi connectivity index (χ4v) is 9.82. The Labute approximate surface area is 302 Å². The lowest BCUT2D eigenvalue weighted by Gasteiger charge is -2.26. The maximum atomic E-state index is 2.44. The van der Waals surface area contributed by atoms with Crippen LogP contribution in [0.25, 0.3) is 96.6 Å². The molecule has 0 nitrogen and oxygen atoms in total. The van der Waals surface area contributed by atoms with Crippen LogP contribution < -0.4 is 0 Å². The molecule has 0 atom stereocenters. The monoisotopic (exact) mass is 668 g/mol. The summed E-state index contributed by atoms with van der Waals surface area (Å²) >= 11 is 1.90.